The van der Waals surface area contributed by atoms with Gasteiger partial charge >= 0.3 is 0 Å². The molecule has 3 rings (SSSR count). The molecule has 34 heavy (non-hydrogen) atoms. The van der Waals surface area contributed by atoms with Crippen molar-refractivity contribution in [1.82, 2.24) is 10.2 Å². The molecule has 0 heterocycles. The third-order valence-corrected chi connectivity index (χ3v) is 5.64. The van der Waals surface area contributed by atoms with Gasteiger partial charge in [0, 0.05) is 25.9 Å². The molecule has 0 unspecified atom stereocenters. The zero-order valence-corrected chi connectivity index (χ0v) is 20.1. The standard InChI is InChI=1S/C29H34N2O3/c1-3-30-29(33)27(21-24-11-6-4-7-12-24)31(22-25-13-8-5-9-14-25)28(32)15-10-20-34-26-18-16-23(2)17-19-26/h4-9,11-14,16-19,27H,3,10,15,20-22H2,1-2H3,(H,30,33)/t27-/m1/s1. The van der Waals surface area contributed by atoms with E-state index in [9.17, 15) is 9.59 Å². The summed E-state index contributed by atoms with van der Waals surface area (Å²) >= 11 is 0. The van der Waals surface area contributed by atoms with Gasteiger partial charge < -0.3 is 15.0 Å². The predicted octanol–water partition coefficient (Wildman–Crippen LogP) is 4.93. The Bertz CT molecular complexity index is 1020. The molecule has 3 aromatic carbocycles. The second kappa shape index (κ2) is 13.2. The van der Waals surface area contributed by atoms with Gasteiger partial charge in [-0.3, -0.25) is 9.59 Å². The van der Waals surface area contributed by atoms with Crippen LogP contribution in [0.1, 0.15) is 36.5 Å². The molecule has 0 radical (unpaired) electrons. The van der Waals surface area contributed by atoms with Gasteiger partial charge in [0.2, 0.25) is 11.8 Å². The normalized spacial score (nSPS) is 11.5. The summed E-state index contributed by atoms with van der Waals surface area (Å²) < 4.78 is 5.80. The number of carbonyl (C=O) groups excluding carboxylic acids is 2. The number of likely N-dealkylation sites (N-methyl/N-ethyl adjacent to an activating group) is 1. The highest BCUT2D eigenvalue weighted by Gasteiger charge is 2.29. The van der Waals surface area contributed by atoms with Crippen molar-refractivity contribution in [2.75, 3.05) is 13.2 Å². The Morgan fingerprint density at radius 2 is 1.50 bits per heavy atom. The summed E-state index contributed by atoms with van der Waals surface area (Å²) in [7, 11) is 0. The molecule has 2 amide bonds. The number of amides is 2. The second-order valence-electron chi connectivity index (χ2n) is 8.37. The van der Waals surface area contributed by atoms with Crippen LogP contribution in [0.2, 0.25) is 0 Å². The van der Waals surface area contributed by atoms with E-state index in [-0.39, 0.29) is 11.8 Å². The SMILES string of the molecule is CCNC(=O)[C@@H](Cc1ccccc1)N(Cc1ccccc1)C(=O)CCCOc1ccc(C)cc1. The van der Waals surface area contributed by atoms with Crippen molar-refractivity contribution in [3.63, 3.8) is 0 Å². The van der Waals surface area contributed by atoms with E-state index in [4.69, 9.17) is 4.74 Å². The van der Waals surface area contributed by atoms with Gasteiger partial charge in [-0.2, -0.15) is 0 Å². The van der Waals surface area contributed by atoms with Crippen molar-refractivity contribution in [3.8, 4) is 5.75 Å². The largest absolute Gasteiger partial charge is 0.494 e. The monoisotopic (exact) mass is 458 g/mol. The fourth-order valence-electron chi connectivity index (χ4n) is 3.82. The molecule has 0 aliphatic heterocycles. The van der Waals surface area contributed by atoms with Crippen molar-refractivity contribution in [1.29, 1.82) is 0 Å². The van der Waals surface area contributed by atoms with E-state index >= 15 is 0 Å². The zero-order valence-electron chi connectivity index (χ0n) is 20.1. The minimum atomic E-state index is -0.590. The quantitative estimate of drug-likeness (QED) is 0.392. The van der Waals surface area contributed by atoms with Gasteiger partial charge in [0.15, 0.2) is 0 Å². The molecule has 0 fully saturated rings. The third kappa shape index (κ3) is 7.77. The second-order valence-corrected chi connectivity index (χ2v) is 8.37. The Balaban J connectivity index is 1.73. The summed E-state index contributed by atoms with van der Waals surface area (Å²) in [6, 6.07) is 26.9. The molecule has 5 heteroatoms. The lowest BCUT2D eigenvalue weighted by atomic mass is 10.0. The summed E-state index contributed by atoms with van der Waals surface area (Å²) in [6.45, 7) is 5.26. The van der Waals surface area contributed by atoms with Crippen LogP contribution < -0.4 is 10.1 Å². The number of hydrogen-bond acceptors (Lipinski definition) is 3. The van der Waals surface area contributed by atoms with Crippen molar-refractivity contribution in [3.05, 3.63) is 102 Å². The highest BCUT2D eigenvalue weighted by Crippen LogP contribution is 2.17. The van der Waals surface area contributed by atoms with Crippen LogP contribution in [-0.4, -0.2) is 35.9 Å². The van der Waals surface area contributed by atoms with E-state index in [2.05, 4.69) is 5.32 Å². The maximum atomic E-state index is 13.4. The van der Waals surface area contributed by atoms with E-state index in [0.717, 1.165) is 16.9 Å². The molecule has 5 nitrogen and oxygen atoms in total. The van der Waals surface area contributed by atoms with Crippen LogP contribution in [0.4, 0.5) is 0 Å². The molecule has 0 aliphatic carbocycles. The van der Waals surface area contributed by atoms with Crippen molar-refractivity contribution < 1.29 is 14.3 Å². The first-order valence-electron chi connectivity index (χ1n) is 11.9. The first-order valence-corrected chi connectivity index (χ1v) is 11.9. The Labute approximate surface area is 202 Å². The highest BCUT2D eigenvalue weighted by molar-refractivity contribution is 5.88. The van der Waals surface area contributed by atoms with Gasteiger partial charge in [0.1, 0.15) is 11.8 Å². The summed E-state index contributed by atoms with van der Waals surface area (Å²) in [5.74, 6) is 0.610. The van der Waals surface area contributed by atoms with Gasteiger partial charge in [-0.1, -0.05) is 78.4 Å². The predicted molar refractivity (Wildman–Crippen MR) is 136 cm³/mol. The van der Waals surface area contributed by atoms with Crippen LogP contribution in [-0.2, 0) is 22.6 Å². The number of hydrogen-bond donors (Lipinski definition) is 1. The minimum Gasteiger partial charge on any atom is -0.494 e. The summed E-state index contributed by atoms with van der Waals surface area (Å²) in [5, 5.41) is 2.92. The van der Waals surface area contributed by atoms with E-state index < -0.39 is 6.04 Å². The molecule has 0 saturated carbocycles. The number of ether oxygens (including phenoxy) is 1. The van der Waals surface area contributed by atoms with Crippen molar-refractivity contribution in [2.45, 2.75) is 45.7 Å². The Morgan fingerprint density at radius 3 is 2.12 bits per heavy atom. The maximum absolute atomic E-state index is 13.4. The fraction of sp³-hybridized carbons (Fsp3) is 0.310. The third-order valence-electron chi connectivity index (χ3n) is 5.64. The van der Waals surface area contributed by atoms with Crippen molar-refractivity contribution >= 4 is 11.8 Å². The van der Waals surface area contributed by atoms with Crippen LogP contribution in [0, 0.1) is 6.92 Å². The van der Waals surface area contributed by atoms with Crippen LogP contribution in [0.25, 0.3) is 0 Å². The molecule has 1 N–H and O–H groups in total. The molecular formula is C29H34N2O3. The van der Waals surface area contributed by atoms with E-state index in [0.29, 0.717) is 39.0 Å². The Hall–Kier alpha value is -3.60. The maximum Gasteiger partial charge on any atom is 0.243 e. The van der Waals surface area contributed by atoms with Crippen LogP contribution in [0.5, 0.6) is 5.75 Å². The topological polar surface area (TPSA) is 58.6 Å². The summed E-state index contributed by atoms with van der Waals surface area (Å²) in [5.41, 5.74) is 3.19. The van der Waals surface area contributed by atoms with E-state index in [1.807, 2.05) is 98.8 Å². The van der Waals surface area contributed by atoms with Gasteiger partial charge in [0.25, 0.3) is 0 Å². The summed E-state index contributed by atoms with van der Waals surface area (Å²) in [4.78, 5) is 28.3. The fourth-order valence-corrected chi connectivity index (χ4v) is 3.82. The highest BCUT2D eigenvalue weighted by atomic mass is 16.5. The number of carbonyl (C=O) groups is 2. The zero-order chi connectivity index (χ0) is 24.2. The number of nitrogens with zero attached hydrogens (tertiary/aromatic N) is 1. The molecule has 0 saturated heterocycles. The molecule has 0 aliphatic rings. The van der Waals surface area contributed by atoms with Crippen molar-refractivity contribution in [2.24, 2.45) is 0 Å². The molecule has 0 spiro atoms. The lowest BCUT2D eigenvalue weighted by Crippen LogP contribution is -2.50. The number of nitrogens with one attached hydrogen (secondary N) is 1. The van der Waals surface area contributed by atoms with Crippen LogP contribution in [0.3, 0.4) is 0 Å². The van der Waals surface area contributed by atoms with Crippen LogP contribution in [0.15, 0.2) is 84.9 Å². The molecule has 0 bridgehead atoms. The lowest BCUT2D eigenvalue weighted by molar-refractivity contribution is -0.141. The average Bonchev–Trinajstić information content (AvgIpc) is 2.86. The van der Waals surface area contributed by atoms with Gasteiger partial charge in [0.05, 0.1) is 6.61 Å². The number of rotatable bonds is 12. The van der Waals surface area contributed by atoms with E-state index in [1.165, 1.54) is 5.56 Å². The molecular weight excluding hydrogens is 424 g/mol. The lowest BCUT2D eigenvalue weighted by Gasteiger charge is -2.31. The van der Waals surface area contributed by atoms with Gasteiger partial charge in [-0.25, -0.2) is 0 Å². The smallest absolute Gasteiger partial charge is 0.243 e. The first-order chi connectivity index (χ1) is 16.6. The van der Waals surface area contributed by atoms with Gasteiger partial charge in [-0.05, 0) is 43.5 Å². The molecule has 0 aromatic heterocycles. The molecule has 3 aromatic rings. The van der Waals surface area contributed by atoms with Crippen LogP contribution >= 0.6 is 0 Å². The molecule has 178 valence electrons. The Morgan fingerprint density at radius 1 is 0.882 bits per heavy atom. The Kier molecular flexibility index (Phi) is 9.71. The van der Waals surface area contributed by atoms with E-state index in [1.54, 1.807) is 4.90 Å². The molecule has 1 atom stereocenters. The van der Waals surface area contributed by atoms with Gasteiger partial charge in [-0.15, -0.1) is 0 Å². The first kappa shape index (κ1) is 25.0. The number of benzene rings is 3. The number of aryl methyl sites for hydroxylation is 1. The summed E-state index contributed by atoms with van der Waals surface area (Å²) in [6.07, 6.45) is 1.35. The minimum absolute atomic E-state index is 0.0523. The average molecular weight is 459 g/mol.